The molecule has 0 aliphatic heterocycles. The smallest absolute Gasteiger partial charge is 0.311 e. The fourth-order valence-corrected chi connectivity index (χ4v) is 1.45. The molecule has 0 spiro atoms. The number of hydrogen-bond acceptors (Lipinski definition) is 5. The van der Waals surface area contributed by atoms with Gasteiger partial charge in [-0.2, -0.15) is 0 Å². The van der Waals surface area contributed by atoms with Crippen LogP contribution in [0.2, 0.25) is 0 Å². The first-order valence-corrected chi connectivity index (χ1v) is 5.21. The van der Waals surface area contributed by atoms with E-state index < -0.39 is 10.9 Å². The van der Waals surface area contributed by atoms with Crippen LogP contribution in [0.5, 0.6) is 5.75 Å². The summed E-state index contributed by atoms with van der Waals surface area (Å²) < 4.78 is 4.94. The summed E-state index contributed by atoms with van der Waals surface area (Å²) in [5.74, 6) is -0.740. The average Bonchev–Trinajstić information content (AvgIpc) is 2.34. The molecule has 0 bridgehead atoms. The van der Waals surface area contributed by atoms with Gasteiger partial charge in [0.2, 0.25) is 0 Å². The number of anilines is 1. The monoisotopic (exact) mass is 254 g/mol. The Bertz CT molecular complexity index is 461. The maximum Gasteiger partial charge on any atom is 0.311 e. The third-order valence-corrected chi connectivity index (χ3v) is 2.46. The number of rotatable bonds is 6. The standard InChI is InChI=1S/C11H14N2O5/c1-12(6-5-11(14)15)8-3-4-9(13(16)17)10(7-8)18-2/h3-4,7H,5-6H2,1-2H3,(H,14,15). The Hall–Kier alpha value is -2.31. The van der Waals surface area contributed by atoms with Gasteiger partial charge < -0.3 is 14.7 Å². The van der Waals surface area contributed by atoms with Crippen LogP contribution in [0.1, 0.15) is 6.42 Å². The SMILES string of the molecule is COc1cc(N(C)CCC(=O)O)ccc1[N+](=O)[O-]. The van der Waals surface area contributed by atoms with Crippen molar-refractivity contribution in [2.75, 3.05) is 25.6 Å². The van der Waals surface area contributed by atoms with E-state index in [1.807, 2.05) is 0 Å². The van der Waals surface area contributed by atoms with Crippen molar-refractivity contribution in [3.8, 4) is 5.75 Å². The number of nitrogens with zero attached hydrogens (tertiary/aromatic N) is 2. The zero-order chi connectivity index (χ0) is 13.7. The highest BCUT2D eigenvalue weighted by Crippen LogP contribution is 2.30. The summed E-state index contributed by atoms with van der Waals surface area (Å²) in [7, 11) is 3.06. The van der Waals surface area contributed by atoms with Crippen LogP contribution >= 0.6 is 0 Å². The number of carboxylic acid groups (broad SMARTS) is 1. The minimum absolute atomic E-state index is 0.00416. The van der Waals surface area contributed by atoms with Crippen LogP contribution in [0, 0.1) is 10.1 Å². The lowest BCUT2D eigenvalue weighted by Gasteiger charge is -2.18. The van der Waals surface area contributed by atoms with Gasteiger partial charge in [-0.15, -0.1) is 0 Å². The summed E-state index contributed by atoms with van der Waals surface area (Å²) in [4.78, 5) is 22.3. The summed E-state index contributed by atoms with van der Waals surface area (Å²) >= 11 is 0. The van der Waals surface area contributed by atoms with Gasteiger partial charge in [-0.25, -0.2) is 0 Å². The molecule has 0 heterocycles. The molecule has 0 aromatic heterocycles. The number of carbonyl (C=O) groups is 1. The Morgan fingerprint density at radius 3 is 2.72 bits per heavy atom. The Balaban J connectivity index is 2.91. The van der Waals surface area contributed by atoms with E-state index in [-0.39, 0.29) is 17.9 Å². The summed E-state index contributed by atoms with van der Waals surface area (Å²) in [6.07, 6.45) is -0.00416. The van der Waals surface area contributed by atoms with Crippen LogP contribution < -0.4 is 9.64 Å². The van der Waals surface area contributed by atoms with Crippen molar-refractivity contribution in [2.24, 2.45) is 0 Å². The zero-order valence-electron chi connectivity index (χ0n) is 10.1. The fourth-order valence-electron chi connectivity index (χ4n) is 1.45. The van der Waals surface area contributed by atoms with E-state index in [1.54, 1.807) is 18.0 Å². The van der Waals surface area contributed by atoms with Gasteiger partial charge in [0.15, 0.2) is 5.75 Å². The first kappa shape index (κ1) is 13.8. The predicted molar refractivity (Wildman–Crippen MR) is 65.2 cm³/mol. The first-order chi connectivity index (χ1) is 8.45. The van der Waals surface area contributed by atoms with Crippen molar-refractivity contribution in [3.63, 3.8) is 0 Å². The largest absolute Gasteiger partial charge is 0.490 e. The highest BCUT2D eigenvalue weighted by atomic mass is 16.6. The number of aliphatic carboxylic acids is 1. The zero-order valence-corrected chi connectivity index (χ0v) is 10.1. The molecular formula is C11H14N2O5. The van der Waals surface area contributed by atoms with Gasteiger partial charge in [0, 0.05) is 31.4 Å². The van der Waals surface area contributed by atoms with Crippen LogP contribution in [0.3, 0.4) is 0 Å². The van der Waals surface area contributed by atoms with Gasteiger partial charge in [-0.05, 0) is 6.07 Å². The molecule has 98 valence electrons. The second kappa shape index (κ2) is 5.85. The van der Waals surface area contributed by atoms with Gasteiger partial charge >= 0.3 is 11.7 Å². The van der Waals surface area contributed by atoms with E-state index >= 15 is 0 Å². The van der Waals surface area contributed by atoms with E-state index in [2.05, 4.69) is 0 Å². The third-order valence-electron chi connectivity index (χ3n) is 2.46. The highest BCUT2D eigenvalue weighted by molar-refractivity contribution is 5.68. The Kier molecular flexibility index (Phi) is 4.47. The summed E-state index contributed by atoms with van der Waals surface area (Å²) in [5, 5.41) is 19.3. The van der Waals surface area contributed by atoms with E-state index in [9.17, 15) is 14.9 Å². The second-order valence-corrected chi connectivity index (χ2v) is 3.68. The van der Waals surface area contributed by atoms with Crippen molar-refractivity contribution in [1.82, 2.24) is 0 Å². The molecule has 0 unspecified atom stereocenters. The van der Waals surface area contributed by atoms with Crippen molar-refractivity contribution in [3.05, 3.63) is 28.3 Å². The molecule has 0 aliphatic rings. The highest BCUT2D eigenvalue weighted by Gasteiger charge is 2.16. The first-order valence-electron chi connectivity index (χ1n) is 5.21. The van der Waals surface area contributed by atoms with Crippen molar-refractivity contribution >= 4 is 17.3 Å². The van der Waals surface area contributed by atoms with Gasteiger partial charge in [0.1, 0.15) is 0 Å². The van der Waals surface area contributed by atoms with E-state index in [1.165, 1.54) is 19.2 Å². The van der Waals surface area contributed by atoms with Gasteiger partial charge in [0.05, 0.1) is 18.5 Å². The molecule has 1 aromatic carbocycles. The van der Waals surface area contributed by atoms with Crippen LogP contribution in [0.15, 0.2) is 18.2 Å². The van der Waals surface area contributed by atoms with Gasteiger partial charge in [-0.1, -0.05) is 0 Å². The summed E-state index contributed by atoms with van der Waals surface area (Å²) in [6, 6.07) is 4.41. The van der Waals surface area contributed by atoms with Crippen molar-refractivity contribution in [1.29, 1.82) is 0 Å². The molecule has 7 nitrogen and oxygen atoms in total. The minimum Gasteiger partial charge on any atom is -0.490 e. The second-order valence-electron chi connectivity index (χ2n) is 3.68. The van der Waals surface area contributed by atoms with E-state index in [0.29, 0.717) is 12.2 Å². The lowest BCUT2D eigenvalue weighted by atomic mass is 10.2. The molecule has 0 saturated heterocycles. The molecular weight excluding hydrogens is 240 g/mol. The number of methoxy groups -OCH3 is 1. The molecule has 0 fully saturated rings. The number of nitro groups is 1. The van der Waals surface area contributed by atoms with Crippen LogP contribution in [-0.4, -0.2) is 36.7 Å². The Morgan fingerprint density at radius 1 is 1.56 bits per heavy atom. The fraction of sp³-hybridized carbons (Fsp3) is 0.364. The lowest BCUT2D eigenvalue weighted by molar-refractivity contribution is -0.385. The number of carboxylic acids is 1. The minimum atomic E-state index is -0.893. The maximum absolute atomic E-state index is 10.7. The number of hydrogen-bond donors (Lipinski definition) is 1. The van der Waals surface area contributed by atoms with Gasteiger partial charge in [0.25, 0.3) is 0 Å². The number of benzene rings is 1. The van der Waals surface area contributed by atoms with E-state index in [4.69, 9.17) is 9.84 Å². The summed E-state index contributed by atoms with van der Waals surface area (Å²) in [5.41, 5.74) is 0.548. The summed E-state index contributed by atoms with van der Waals surface area (Å²) in [6.45, 7) is 0.316. The number of ether oxygens (including phenoxy) is 1. The molecule has 0 atom stereocenters. The Morgan fingerprint density at radius 2 is 2.22 bits per heavy atom. The van der Waals surface area contributed by atoms with Crippen LogP contribution in [0.25, 0.3) is 0 Å². The van der Waals surface area contributed by atoms with E-state index in [0.717, 1.165) is 0 Å². The Labute approximate surface area is 104 Å². The van der Waals surface area contributed by atoms with Crippen LogP contribution in [0.4, 0.5) is 11.4 Å². The predicted octanol–water partition coefficient (Wildman–Crippen LogP) is 1.51. The molecule has 0 radical (unpaired) electrons. The van der Waals surface area contributed by atoms with Gasteiger partial charge in [-0.3, -0.25) is 14.9 Å². The molecule has 0 saturated carbocycles. The molecule has 7 heteroatoms. The molecule has 1 rings (SSSR count). The molecule has 18 heavy (non-hydrogen) atoms. The topological polar surface area (TPSA) is 92.9 Å². The molecule has 0 amide bonds. The number of nitro benzene ring substituents is 1. The van der Waals surface area contributed by atoms with Crippen molar-refractivity contribution in [2.45, 2.75) is 6.42 Å². The van der Waals surface area contributed by atoms with Crippen molar-refractivity contribution < 1.29 is 19.6 Å². The average molecular weight is 254 g/mol. The third kappa shape index (κ3) is 3.34. The molecule has 1 N–H and O–H groups in total. The molecule has 1 aromatic rings. The quantitative estimate of drug-likeness (QED) is 0.611. The lowest BCUT2D eigenvalue weighted by Crippen LogP contribution is -2.20. The molecule has 0 aliphatic carbocycles. The normalized spacial score (nSPS) is 9.89. The maximum atomic E-state index is 10.7. The van der Waals surface area contributed by atoms with Crippen LogP contribution in [-0.2, 0) is 4.79 Å².